The number of nitrogens with one attached hydrogen (secondary N) is 1. The van der Waals surface area contributed by atoms with E-state index in [0.717, 1.165) is 36.7 Å². The van der Waals surface area contributed by atoms with E-state index in [1.807, 2.05) is 18.2 Å². The van der Waals surface area contributed by atoms with E-state index in [0.29, 0.717) is 22.1 Å². The Labute approximate surface area is 320 Å². The normalized spacial score (nSPS) is 15.6. The third-order valence-corrected chi connectivity index (χ3v) is 12.0. The Hall–Kier alpha value is -5.28. The quantitative estimate of drug-likeness (QED) is 0.166. The van der Waals surface area contributed by atoms with Crippen molar-refractivity contribution >= 4 is 38.4 Å². The van der Waals surface area contributed by atoms with Crippen LogP contribution >= 0.6 is 11.6 Å². The maximum absolute atomic E-state index is 14.6. The van der Waals surface area contributed by atoms with Gasteiger partial charge in [0.05, 0.1) is 46.4 Å². The summed E-state index contributed by atoms with van der Waals surface area (Å²) in [4.78, 5) is 33.4. The Morgan fingerprint density at radius 2 is 1.67 bits per heavy atom. The maximum Gasteiger partial charge on any atom is 0.266 e. The summed E-state index contributed by atoms with van der Waals surface area (Å²) in [5.74, 6) is -1.68. The van der Waals surface area contributed by atoms with Crippen LogP contribution in [0.5, 0.6) is 0 Å². The lowest BCUT2D eigenvalue weighted by molar-refractivity contribution is -0.122. The van der Waals surface area contributed by atoms with Gasteiger partial charge in [-0.05, 0) is 84.6 Å². The van der Waals surface area contributed by atoms with Gasteiger partial charge in [-0.2, -0.15) is 9.40 Å². The van der Waals surface area contributed by atoms with Gasteiger partial charge in [-0.1, -0.05) is 35.9 Å². The highest BCUT2D eigenvalue weighted by atomic mass is 35.5. The third kappa shape index (κ3) is 7.81. The zero-order chi connectivity index (χ0) is 38.3. The van der Waals surface area contributed by atoms with Crippen molar-refractivity contribution in [3.05, 3.63) is 141 Å². The monoisotopic (exact) mass is 784 g/mol. The molecule has 1 saturated heterocycles. The van der Waals surface area contributed by atoms with Gasteiger partial charge < -0.3 is 10.1 Å². The second kappa shape index (κ2) is 15.1. The molecule has 282 valence electrons. The number of halogens is 3. The molecule has 0 bridgehead atoms. The maximum atomic E-state index is 14.6. The van der Waals surface area contributed by atoms with E-state index in [1.54, 1.807) is 36.5 Å². The van der Waals surface area contributed by atoms with Gasteiger partial charge in [0, 0.05) is 48.3 Å². The number of nitrogens with zero attached hydrogens (tertiary/aromatic N) is 5. The van der Waals surface area contributed by atoms with Crippen molar-refractivity contribution < 1.29 is 26.7 Å². The second-order valence-electron chi connectivity index (χ2n) is 13.6. The minimum Gasteiger partial charge on any atom is -0.379 e. The molecule has 0 unspecified atom stereocenters. The van der Waals surface area contributed by atoms with Gasteiger partial charge in [0.25, 0.3) is 5.56 Å². The topological polar surface area (TPSA) is 128 Å². The summed E-state index contributed by atoms with van der Waals surface area (Å²) in [6.07, 6.45) is 3.65. The van der Waals surface area contributed by atoms with Crippen molar-refractivity contribution in [3.8, 4) is 16.8 Å². The van der Waals surface area contributed by atoms with Crippen LogP contribution in [0.15, 0.2) is 107 Å². The predicted molar refractivity (Wildman–Crippen MR) is 203 cm³/mol. The summed E-state index contributed by atoms with van der Waals surface area (Å²) >= 11 is 6.53. The van der Waals surface area contributed by atoms with Crippen LogP contribution in [0.25, 0.3) is 27.7 Å². The fourth-order valence-corrected chi connectivity index (χ4v) is 8.53. The van der Waals surface area contributed by atoms with E-state index in [4.69, 9.17) is 21.3 Å². The fourth-order valence-electron chi connectivity index (χ4n) is 6.87. The summed E-state index contributed by atoms with van der Waals surface area (Å²) < 4.78 is 65.5. The number of rotatable bonds is 11. The highest BCUT2D eigenvalue weighted by molar-refractivity contribution is 7.89. The summed E-state index contributed by atoms with van der Waals surface area (Å²) in [7, 11) is -3.86. The molecule has 3 heterocycles. The Morgan fingerprint density at radius 1 is 0.945 bits per heavy atom. The molecule has 1 saturated carbocycles. The number of hydrogen-bond donors (Lipinski definition) is 1. The van der Waals surface area contributed by atoms with Gasteiger partial charge >= 0.3 is 0 Å². The van der Waals surface area contributed by atoms with Crippen LogP contribution in [0.2, 0.25) is 5.02 Å². The van der Waals surface area contributed by atoms with E-state index in [9.17, 15) is 26.8 Å². The Balaban J connectivity index is 1.26. The van der Waals surface area contributed by atoms with E-state index >= 15 is 0 Å². The van der Waals surface area contributed by atoms with Crippen LogP contribution in [0.3, 0.4) is 0 Å². The van der Waals surface area contributed by atoms with Crippen LogP contribution < -0.4 is 10.9 Å². The van der Waals surface area contributed by atoms with Crippen LogP contribution in [0.4, 0.5) is 8.78 Å². The molecule has 2 aromatic heterocycles. The van der Waals surface area contributed by atoms with Crippen molar-refractivity contribution in [2.24, 2.45) is 0 Å². The highest BCUT2D eigenvalue weighted by Crippen LogP contribution is 2.39. The van der Waals surface area contributed by atoms with Crippen LogP contribution in [0, 0.1) is 11.6 Å². The number of carbonyl (C=O) groups excluding carboxylic acids is 1. The Bertz CT molecular complexity index is 2570. The average molecular weight is 785 g/mol. The zero-order valence-electron chi connectivity index (χ0n) is 29.4. The van der Waals surface area contributed by atoms with Crippen molar-refractivity contribution in [2.45, 2.75) is 42.7 Å². The van der Waals surface area contributed by atoms with Gasteiger partial charge in [0.15, 0.2) is 0 Å². The van der Waals surface area contributed by atoms with Crippen molar-refractivity contribution in [3.63, 3.8) is 0 Å². The molecule has 4 aromatic carbocycles. The molecular formula is C40H35ClF2N6O5S. The van der Waals surface area contributed by atoms with Crippen molar-refractivity contribution in [1.29, 1.82) is 0 Å². The largest absolute Gasteiger partial charge is 0.379 e. The summed E-state index contributed by atoms with van der Waals surface area (Å²) in [5, 5.41) is 8.22. The number of sulfonamides is 1. The number of ether oxygens (including phenoxy) is 1. The lowest BCUT2D eigenvalue weighted by atomic mass is 10.0. The third-order valence-electron chi connectivity index (χ3n) is 9.75. The van der Waals surface area contributed by atoms with Crippen LogP contribution in [-0.2, 0) is 32.5 Å². The fraction of sp³-hybridized carbons (Fsp3) is 0.250. The number of carbonyl (C=O) groups is 1. The summed E-state index contributed by atoms with van der Waals surface area (Å²) in [6, 6.07) is 22.0. The molecule has 8 rings (SSSR count). The summed E-state index contributed by atoms with van der Waals surface area (Å²) in [5.41, 5.74) is 2.53. The number of amides is 1. The minimum absolute atomic E-state index is 0.0238. The smallest absolute Gasteiger partial charge is 0.266 e. The molecule has 1 N–H and O–H groups in total. The first-order chi connectivity index (χ1) is 26.5. The number of hydrogen-bond acceptors (Lipinski definition) is 7. The molecule has 0 spiro atoms. The standard InChI is InChI=1S/C40H35ClF2N6O5S/c41-34-4-2-1-3-32(34)27-7-12-33-36(22-27)45-39(49(40(33)51)30-8-10-31(11-9-30)55(52,53)48-15-17-54-18-16-48)37(21-25-19-28(42)23-29(43)20-25)44-38(50)24-47-14-13-35(46-47)26-5-6-26/h1-4,7-14,19-20,22-23,26,37H,5-6,15-18,21,24H2,(H,44,50)/t37-/m0/s1. The van der Waals surface area contributed by atoms with Crippen LogP contribution in [-0.4, -0.2) is 64.3 Å². The molecule has 11 nitrogen and oxygen atoms in total. The molecule has 1 atom stereocenters. The van der Waals surface area contributed by atoms with Crippen molar-refractivity contribution in [1.82, 2.24) is 29.0 Å². The molecule has 1 amide bonds. The van der Waals surface area contributed by atoms with Gasteiger partial charge in [-0.25, -0.2) is 22.2 Å². The average Bonchev–Trinajstić information content (AvgIpc) is 3.92. The first kappa shape index (κ1) is 36.7. The Kier molecular flexibility index (Phi) is 10.1. The lowest BCUT2D eigenvalue weighted by Gasteiger charge is -2.26. The molecule has 1 aliphatic carbocycles. The second-order valence-corrected chi connectivity index (χ2v) is 16.0. The van der Waals surface area contributed by atoms with Gasteiger partial charge in [-0.15, -0.1) is 0 Å². The molecule has 1 aliphatic heterocycles. The highest BCUT2D eigenvalue weighted by Gasteiger charge is 2.29. The lowest BCUT2D eigenvalue weighted by Crippen LogP contribution is -2.40. The van der Waals surface area contributed by atoms with E-state index in [2.05, 4.69) is 10.4 Å². The first-order valence-electron chi connectivity index (χ1n) is 17.8. The molecule has 15 heteroatoms. The van der Waals surface area contributed by atoms with E-state index < -0.39 is 39.2 Å². The van der Waals surface area contributed by atoms with Crippen LogP contribution in [0.1, 0.15) is 41.9 Å². The van der Waals surface area contributed by atoms with Gasteiger partial charge in [0.2, 0.25) is 15.9 Å². The first-order valence-corrected chi connectivity index (χ1v) is 19.6. The number of fused-ring (bicyclic) bond motifs is 1. The molecule has 2 aliphatic rings. The minimum atomic E-state index is -3.86. The molecule has 2 fully saturated rings. The SMILES string of the molecule is O=C(Cn1ccc(C2CC2)n1)N[C@@H](Cc1cc(F)cc(F)c1)c1nc2cc(-c3ccccc3Cl)ccc2c(=O)n1-c1ccc(S(=O)(=O)N2CCOCC2)cc1. The molecule has 6 aromatic rings. The number of morpholine rings is 1. The van der Waals surface area contributed by atoms with Gasteiger partial charge in [0.1, 0.15) is 24.0 Å². The zero-order valence-corrected chi connectivity index (χ0v) is 30.9. The van der Waals surface area contributed by atoms with Gasteiger partial charge in [-0.3, -0.25) is 18.8 Å². The predicted octanol–water partition coefficient (Wildman–Crippen LogP) is 6.18. The summed E-state index contributed by atoms with van der Waals surface area (Å²) in [6.45, 7) is 0.814. The molecular weight excluding hydrogens is 750 g/mol. The number of aromatic nitrogens is 4. The molecule has 55 heavy (non-hydrogen) atoms. The number of benzene rings is 4. The van der Waals surface area contributed by atoms with E-state index in [-0.39, 0.29) is 72.1 Å². The Morgan fingerprint density at radius 3 is 2.38 bits per heavy atom. The van der Waals surface area contributed by atoms with E-state index in [1.165, 1.54) is 37.8 Å². The van der Waals surface area contributed by atoms with Crippen molar-refractivity contribution in [2.75, 3.05) is 26.3 Å². The molecule has 0 radical (unpaired) electrons.